The van der Waals surface area contributed by atoms with Crippen LogP contribution in [0.4, 0.5) is 0 Å². The number of hydrogen-bond donors (Lipinski definition) is 1. The monoisotopic (exact) mass is 253 g/mol. The lowest BCUT2D eigenvalue weighted by atomic mass is 9.94. The molecule has 1 N–H and O–H groups in total. The number of hydrogen-bond acceptors (Lipinski definition) is 2. The van der Waals surface area contributed by atoms with Gasteiger partial charge in [-0.25, -0.2) is 0 Å². The van der Waals surface area contributed by atoms with E-state index in [9.17, 15) is 14.7 Å². The van der Waals surface area contributed by atoms with Gasteiger partial charge >= 0.3 is 5.97 Å². The molecule has 1 unspecified atom stereocenters. The first kappa shape index (κ1) is 14.7. The Balaban J connectivity index is 2.79. The van der Waals surface area contributed by atoms with Crippen molar-refractivity contribution in [1.82, 2.24) is 4.90 Å². The van der Waals surface area contributed by atoms with Crippen LogP contribution >= 0.6 is 0 Å². The maximum Gasteiger partial charge on any atom is 0.307 e. The molecule has 1 rings (SSSR count). The summed E-state index contributed by atoms with van der Waals surface area (Å²) in [5.74, 6) is -1.42. The number of carbonyl (C=O) groups is 2. The Bertz CT molecular complexity index is 327. The van der Waals surface area contributed by atoms with Gasteiger partial charge in [0.15, 0.2) is 0 Å². The molecule has 0 heterocycles. The zero-order valence-corrected chi connectivity index (χ0v) is 11.3. The highest BCUT2D eigenvalue weighted by atomic mass is 16.4. The first-order valence-electron chi connectivity index (χ1n) is 6.63. The molecule has 0 bridgehead atoms. The van der Waals surface area contributed by atoms with Crippen LogP contribution < -0.4 is 0 Å². The van der Waals surface area contributed by atoms with E-state index in [1.54, 1.807) is 11.0 Å². The summed E-state index contributed by atoms with van der Waals surface area (Å²) in [6, 6.07) is 0. The Kier molecular flexibility index (Phi) is 5.38. The van der Waals surface area contributed by atoms with E-state index < -0.39 is 11.9 Å². The average molecular weight is 253 g/mol. The summed E-state index contributed by atoms with van der Waals surface area (Å²) in [6.45, 7) is 8.85. The Hall–Kier alpha value is -1.32. The molecule has 4 nitrogen and oxygen atoms in total. The predicted octanol–water partition coefficient (Wildman–Crippen LogP) is 2.16. The summed E-state index contributed by atoms with van der Waals surface area (Å²) in [7, 11) is 0. The fourth-order valence-corrected chi connectivity index (χ4v) is 2.79. The standard InChI is InChI=1S/C14H23NO3/c1-4-6-15(7-5-2)13(16)11-8-10(3)9-12(11)14(17)18/h4,10-12H,1,5-9H2,2-3H3,(H,17,18)/t10?,11-,12+/m0/s1. The van der Waals surface area contributed by atoms with Crippen molar-refractivity contribution >= 4 is 11.9 Å². The van der Waals surface area contributed by atoms with Crippen LogP contribution in [-0.2, 0) is 9.59 Å². The van der Waals surface area contributed by atoms with E-state index in [0.717, 1.165) is 6.42 Å². The van der Waals surface area contributed by atoms with Crippen LogP contribution in [0, 0.1) is 17.8 Å². The van der Waals surface area contributed by atoms with Gasteiger partial charge in [0.1, 0.15) is 0 Å². The molecule has 18 heavy (non-hydrogen) atoms. The molecule has 1 fully saturated rings. The zero-order valence-electron chi connectivity index (χ0n) is 11.3. The SMILES string of the molecule is C=CCN(CCC)C(=O)[C@H]1CC(C)C[C@H]1C(=O)O. The molecule has 0 saturated heterocycles. The minimum absolute atomic E-state index is 0.0199. The molecule has 1 aliphatic rings. The summed E-state index contributed by atoms with van der Waals surface area (Å²) in [5.41, 5.74) is 0. The summed E-state index contributed by atoms with van der Waals surface area (Å²) in [6.07, 6.45) is 3.87. The summed E-state index contributed by atoms with van der Waals surface area (Å²) in [4.78, 5) is 25.3. The molecule has 0 aromatic heterocycles. The molecule has 1 saturated carbocycles. The molecule has 0 spiro atoms. The fourth-order valence-electron chi connectivity index (χ4n) is 2.79. The predicted molar refractivity (Wildman–Crippen MR) is 70.1 cm³/mol. The normalized spacial score (nSPS) is 26.9. The second-order valence-corrected chi connectivity index (χ2v) is 5.20. The van der Waals surface area contributed by atoms with E-state index >= 15 is 0 Å². The second kappa shape index (κ2) is 6.57. The van der Waals surface area contributed by atoms with Gasteiger partial charge in [-0.2, -0.15) is 0 Å². The van der Waals surface area contributed by atoms with Crippen LogP contribution in [0.25, 0.3) is 0 Å². The number of carbonyl (C=O) groups excluding carboxylic acids is 1. The maximum atomic E-state index is 12.4. The second-order valence-electron chi connectivity index (χ2n) is 5.20. The van der Waals surface area contributed by atoms with Gasteiger partial charge in [0.2, 0.25) is 5.91 Å². The van der Waals surface area contributed by atoms with Crippen molar-refractivity contribution in [2.75, 3.05) is 13.1 Å². The largest absolute Gasteiger partial charge is 0.481 e. The highest BCUT2D eigenvalue weighted by Crippen LogP contribution is 2.37. The van der Waals surface area contributed by atoms with Crippen molar-refractivity contribution in [2.45, 2.75) is 33.1 Å². The topological polar surface area (TPSA) is 57.6 Å². The van der Waals surface area contributed by atoms with Crippen molar-refractivity contribution in [3.8, 4) is 0 Å². The quantitative estimate of drug-likeness (QED) is 0.738. The van der Waals surface area contributed by atoms with Gasteiger partial charge in [-0.05, 0) is 25.2 Å². The van der Waals surface area contributed by atoms with Gasteiger partial charge in [0.05, 0.1) is 11.8 Å². The average Bonchev–Trinajstić information content (AvgIpc) is 2.70. The summed E-state index contributed by atoms with van der Waals surface area (Å²) >= 11 is 0. The van der Waals surface area contributed by atoms with E-state index in [-0.39, 0.29) is 11.8 Å². The van der Waals surface area contributed by atoms with Crippen LogP contribution in [0.15, 0.2) is 12.7 Å². The third-order valence-electron chi connectivity index (χ3n) is 3.59. The first-order chi connectivity index (χ1) is 8.51. The lowest BCUT2D eigenvalue weighted by Gasteiger charge is -2.25. The van der Waals surface area contributed by atoms with Gasteiger partial charge in [-0.15, -0.1) is 6.58 Å². The van der Waals surface area contributed by atoms with E-state index in [1.807, 2.05) is 13.8 Å². The third kappa shape index (κ3) is 3.34. The lowest BCUT2D eigenvalue weighted by molar-refractivity contribution is -0.148. The first-order valence-corrected chi connectivity index (χ1v) is 6.63. The van der Waals surface area contributed by atoms with Gasteiger partial charge in [-0.3, -0.25) is 9.59 Å². The van der Waals surface area contributed by atoms with E-state index in [2.05, 4.69) is 6.58 Å². The molecule has 3 atom stereocenters. The van der Waals surface area contributed by atoms with Crippen LogP contribution in [0.3, 0.4) is 0 Å². The molecular weight excluding hydrogens is 230 g/mol. The molecule has 0 aromatic carbocycles. The number of nitrogens with zero attached hydrogens (tertiary/aromatic N) is 1. The minimum atomic E-state index is -0.840. The maximum absolute atomic E-state index is 12.4. The van der Waals surface area contributed by atoms with Crippen molar-refractivity contribution in [2.24, 2.45) is 17.8 Å². The Morgan fingerprint density at radius 1 is 1.39 bits per heavy atom. The number of aliphatic carboxylic acids is 1. The van der Waals surface area contributed by atoms with Crippen LogP contribution in [-0.4, -0.2) is 35.0 Å². The molecule has 0 aromatic rings. The van der Waals surface area contributed by atoms with Gasteiger partial charge in [-0.1, -0.05) is 19.9 Å². The number of carboxylic acids is 1. The van der Waals surface area contributed by atoms with Crippen LogP contribution in [0.1, 0.15) is 33.1 Å². The van der Waals surface area contributed by atoms with E-state index in [0.29, 0.717) is 31.8 Å². The highest BCUT2D eigenvalue weighted by molar-refractivity contribution is 5.85. The van der Waals surface area contributed by atoms with Crippen molar-refractivity contribution in [3.63, 3.8) is 0 Å². The molecule has 4 heteroatoms. The van der Waals surface area contributed by atoms with Crippen LogP contribution in [0.5, 0.6) is 0 Å². The molecular formula is C14H23NO3. The molecule has 0 radical (unpaired) electrons. The lowest BCUT2D eigenvalue weighted by Crippen LogP contribution is -2.39. The van der Waals surface area contributed by atoms with Crippen molar-refractivity contribution in [3.05, 3.63) is 12.7 Å². The summed E-state index contributed by atoms with van der Waals surface area (Å²) in [5, 5.41) is 9.20. The smallest absolute Gasteiger partial charge is 0.307 e. The Morgan fingerprint density at radius 2 is 2.00 bits per heavy atom. The van der Waals surface area contributed by atoms with E-state index in [4.69, 9.17) is 0 Å². The number of carboxylic acid groups (broad SMARTS) is 1. The zero-order chi connectivity index (χ0) is 13.7. The van der Waals surface area contributed by atoms with E-state index in [1.165, 1.54) is 0 Å². The summed E-state index contributed by atoms with van der Waals surface area (Å²) < 4.78 is 0. The van der Waals surface area contributed by atoms with Crippen LogP contribution in [0.2, 0.25) is 0 Å². The highest BCUT2D eigenvalue weighted by Gasteiger charge is 2.42. The van der Waals surface area contributed by atoms with Gasteiger partial charge in [0.25, 0.3) is 0 Å². The fraction of sp³-hybridized carbons (Fsp3) is 0.714. The molecule has 1 amide bonds. The van der Waals surface area contributed by atoms with Gasteiger partial charge in [0, 0.05) is 13.1 Å². The third-order valence-corrected chi connectivity index (χ3v) is 3.59. The molecule has 1 aliphatic carbocycles. The Morgan fingerprint density at radius 3 is 2.50 bits per heavy atom. The van der Waals surface area contributed by atoms with Gasteiger partial charge < -0.3 is 10.0 Å². The Labute approximate surface area is 109 Å². The number of rotatable bonds is 6. The van der Waals surface area contributed by atoms with Crippen molar-refractivity contribution in [1.29, 1.82) is 0 Å². The minimum Gasteiger partial charge on any atom is -0.481 e. The van der Waals surface area contributed by atoms with Crippen molar-refractivity contribution < 1.29 is 14.7 Å². The number of amides is 1. The molecule has 0 aliphatic heterocycles. The molecule has 102 valence electrons.